The zero-order valence-electron chi connectivity index (χ0n) is 4.46. The van der Waals surface area contributed by atoms with Gasteiger partial charge >= 0.3 is 0 Å². The molecule has 0 rings (SSSR count). The molecule has 0 aromatic heterocycles. The van der Waals surface area contributed by atoms with Crippen LogP contribution in [-0.2, 0) is 0 Å². The van der Waals surface area contributed by atoms with E-state index in [2.05, 4.69) is 18.3 Å². The van der Waals surface area contributed by atoms with Gasteiger partial charge in [0.05, 0.1) is 5.57 Å². The number of rotatable bonds is 2. The third-order valence-corrected chi connectivity index (χ3v) is 0.579. The maximum absolute atomic E-state index is 8.18. The molecule has 0 aliphatic rings. The van der Waals surface area contributed by atoms with Crippen molar-refractivity contribution in [1.29, 1.82) is 5.26 Å². The van der Waals surface area contributed by atoms with Gasteiger partial charge in [0.25, 0.3) is 0 Å². The second-order valence-corrected chi connectivity index (χ2v) is 1.08. The van der Waals surface area contributed by atoms with E-state index in [1.54, 1.807) is 0 Å². The fourth-order valence-electron chi connectivity index (χ4n) is 0.226. The van der Waals surface area contributed by atoms with Crippen LogP contribution in [0.4, 0.5) is 0 Å². The number of aliphatic imine (C=N–C) groups is 1. The second kappa shape index (κ2) is 3.82. The minimum atomic E-state index is 0.431. The molecule has 0 fully saturated rings. The molecule has 0 aromatic rings. The molecular weight excluding hydrogens is 100 g/mol. The molecule has 2 nitrogen and oxygen atoms in total. The van der Waals surface area contributed by atoms with Crippen molar-refractivity contribution in [3.63, 3.8) is 0 Å². The highest BCUT2D eigenvalue weighted by atomic mass is 14.6. The monoisotopic (exact) mass is 106 g/mol. The van der Waals surface area contributed by atoms with Crippen LogP contribution in [0.5, 0.6) is 0 Å². The average molecular weight is 106 g/mol. The first kappa shape index (κ1) is 6.64. The maximum atomic E-state index is 8.18. The number of nitriles is 1. The van der Waals surface area contributed by atoms with Crippen molar-refractivity contribution >= 4 is 6.72 Å². The fraction of sp³-hybridized carbons (Fsp3) is 0. The lowest BCUT2D eigenvalue weighted by atomic mass is 10.3. The van der Waals surface area contributed by atoms with Gasteiger partial charge in [0.15, 0.2) is 0 Å². The average Bonchev–Trinajstić information content (AvgIpc) is 1.83. The molecule has 0 N–H and O–H groups in total. The van der Waals surface area contributed by atoms with E-state index in [1.807, 2.05) is 6.07 Å². The van der Waals surface area contributed by atoms with Crippen molar-refractivity contribution in [3.05, 3.63) is 24.4 Å². The number of hydrogen-bond donors (Lipinski definition) is 0. The number of hydrogen-bond acceptors (Lipinski definition) is 2. The van der Waals surface area contributed by atoms with Crippen LogP contribution in [0.1, 0.15) is 0 Å². The Labute approximate surface area is 48.5 Å². The smallest absolute Gasteiger partial charge is 0.101 e. The van der Waals surface area contributed by atoms with Crippen molar-refractivity contribution in [2.75, 3.05) is 0 Å². The predicted molar refractivity (Wildman–Crippen MR) is 33.4 cm³/mol. The van der Waals surface area contributed by atoms with Crippen LogP contribution in [0.2, 0.25) is 0 Å². The van der Waals surface area contributed by atoms with Crippen molar-refractivity contribution in [3.8, 4) is 6.07 Å². The van der Waals surface area contributed by atoms with E-state index in [0.717, 1.165) is 0 Å². The molecule has 0 amide bonds. The molecule has 8 heavy (non-hydrogen) atoms. The Morgan fingerprint density at radius 2 is 2.38 bits per heavy atom. The Kier molecular flexibility index (Phi) is 3.17. The summed E-state index contributed by atoms with van der Waals surface area (Å²) in [5.41, 5.74) is 0.431. The summed E-state index contributed by atoms with van der Waals surface area (Å²) in [6.45, 7) is 6.54. The lowest BCUT2D eigenvalue weighted by Crippen LogP contribution is -1.64. The first-order chi connectivity index (χ1) is 3.85. The second-order valence-electron chi connectivity index (χ2n) is 1.08. The van der Waals surface area contributed by atoms with Crippen molar-refractivity contribution in [2.45, 2.75) is 0 Å². The van der Waals surface area contributed by atoms with Crippen LogP contribution in [0.25, 0.3) is 0 Å². The zero-order valence-corrected chi connectivity index (χ0v) is 4.46. The molecular formula is C6H6N2. The van der Waals surface area contributed by atoms with Crippen LogP contribution in [-0.4, -0.2) is 6.72 Å². The Morgan fingerprint density at radius 3 is 2.50 bits per heavy atom. The normalized spacial score (nSPS) is 9.62. The van der Waals surface area contributed by atoms with E-state index in [4.69, 9.17) is 5.26 Å². The molecule has 0 aliphatic heterocycles. The van der Waals surface area contributed by atoms with E-state index in [1.165, 1.54) is 12.3 Å². The standard InChI is InChI=1S/C6H6N2/c1-3-6(4-7)5-8-2/h3,5H,1-2H2/b6-5+. The van der Waals surface area contributed by atoms with E-state index in [-0.39, 0.29) is 0 Å². The third-order valence-electron chi connectivity index (χ3n) is 0.579. The summed E-state index contributed by atoms with van der Waals surface area (Å²) >= 11 is 0. The van der Waals surface area contributed by atoms with Gasteiger partial charge in [-0.2, -0.15) is 5.26 Å². The molecule has 0 saturated carbocycles. The Morgan fingerprint density at radius 1 is 1.75 bits per heavy atom. The summed E-state index contributed by atoms with van der Waals surface area (Å²) in [5, 5.41) is 8.18. The van der Waals surface area contributed by atoms with Gasteiger partial charge in [0, 0.05) is 6.20 Å². The van der Waals surface area contributed by atoms with Crippen LogP contribution in [0.15, 0.2) is 29.4 Å². The van der Waals surface area contributed by atoms with E-state index in [9.17, 15) is 0 Å². The molecule has 0 saturated heterocycles. The predicted octanol–water partition coefficient (Wildman–Crippen LogP) is 1.28. The molecule has 0 unspecified atom stereocenters. The van der Waals surface area contributed by atoms with Gasteiger partial charge in [-0.1, -0.05) is 12.7 Å². The molecule has 0 bridgehead atoms. The molecule has 0 atom stereocenters. The Hall–Kier alpha value is -1.36. The fourth-order valence-corrected chi connectivity index (χ4v) is 0.226. The van der Waals surface area contributed by atoms with Gasteiger partial charge in [-0.05, 0) is 6.72 Å². The molecule has 0 aliphatic carbocycles. The zero-order chi connectivity index (χ0) is 6.41. The van der Waals surface area contributed by atoms with E-state index in [0.29, 0.717) is 5.57 Å². The number of allylic oxidation sites excluding steroid dienone is 2. The minimum absolute atomic E-state index is 0.431. The van der Waals surface area contributed by atoms with Gasteiger partial charge in [-0.25, -0.2) is 0 Å². The lowest BCUT2D eigenvalue weighted by Gasteiger charge is -1.76. The molecule has 0 aromatic carbocycles. The maximum Gasteiger partial charge on any atom is 0.101 e. The number of nitrogens with zero attached hydrogens (tertiary/aromatic N) is 2. The van der Waals surface area contributed by atoms with Crippen molar-refractivity contribution in [2.24, 2.45) is 4.99 Å². The van der Waals surface area contributed by atoms with Crippen LogP contribution >= 0.6 is 0 Å². The summed E-state index contributed by atoms with van der Waals surface area (Å²) < 4.78 is 0. The van der Waals surface area contributed by atoms with E-state index < -0.39 is 0 Å². The van der Waals surface area contributed by atoms with E-state index >= 15 is 0 Å². The first-order valence-corrected chi connectivity index (χ1v) is 2.03. The summed E-state index contributed by atoms with van der Waals surface area (Å²) in [6.07, 6.45) is 2.78. The molecule has 40 valence electrons. The van der Waals surface area contributed by atoms with Crippen molar-refractivity contribution < 1.29 is 0 Å². The summed E-state index contributed by atoms with van der Waals surface area (Å²) in [6, 6.07) is 1.86. The molecule has 2 heteroatoms. The summed E-state index contributed by atoms with van der Waals surface area (Å²) in [4.78, 5) is 3.37. The first-order valence-electron chi connectivity index (χ1n) is 2.03. The summed E-state index contributed by atoms with van der Waals surface area (Å²) in [7, 11) is 0. The third kappa shape index (κ3) is 1.93. The summed E-state index contributed by atoms with van der Waals surface area (Å²) in [5.74, 6) is 0. The Bertz CT molecular complexity index is 160. The van der Waals surface area contributed by atoms with Crippen molar-refractivity contribution in [1.82, 2.24) is 0 Å². The van der Waals surface area contributed by atoms with Gasteiger partial charge in [-0.3, -0.25) is 4.99 Å². The molecule has 0 heterocycles. The largest absolute Gasteiger partial charge is 0.271 e. The quantitative estimate of drug-likeness (QED) is 0.297. The minimum Gasteiger partial charge on any atom is -0.271 e. The highest BCUT2D eigenvalue weighted by Crippen LogP contribution is 1.90. The van der Waals surface area contributed by atoms with Gasteiger partial charge in [0.1, 0.15) is 6.07 Å². The van der Waals surface area contributed by atoms with Crippen LogP contribution in [0.3, 0.4) is 0 Å². The van der Waals surface area contributed by atoms with Crippen LogP contribution in [0, 0.1) is 11.3 Å². The lowest BCUT2D eigenvalue weighted by molar-refractivity contribution is 1.47. The Balaban J connectivity index is 4.12. The SMILES string of the molecule is C=C/C(C#N)=C\N=C. The van der Waals surface area contributed by atoms with Crippen LogP contribution < -0.4 is 0 Å². The highest BCUT2D eigenvalue weighted by Gasteiger charge is 1.79. The van der Waals surface area contributed by atoms with Gasteiger partial charge < -0.3 is 0 Å². The van der Waals surface area contributed by atoms with Gasteiger partial charge in [0.2, 0.25) is 0 Å². The topological polar surface area (TPSA) is 36.1 Å². The molecule has 0 radical (unpaired) electrons. The van der Waals surface area contributed by atoms with Gasteiger partial charge in [-0.15, -0.1) is 0 Å². The highest BCUT2D eigenvalue weighted by molar-refractivity contribution is 5.34. The molecule has 0 spiro atoms.